The molecule has 1 aromatic heterocycles. The first-order valence-corrected chi connectivity index (χ1v) is 8.36. The number of carbonyl (C=O) groups excluding carboxylic acids is 1. The van der Waals surface area contributed by atoms with E-state index < -0.39 is 5.41 Å². The molecule has 0 spiro atoms. The van der Waals surface area contributed by atoms with Crippen LogP contribution < -0.4 is 0 Å². The minimum atomic E-state index is -0.473. The van der Waals surface area contributed by atoms with E-state index in [0.29, 0.717) is 13.3 Å². The number of allylic oxidation sites excluding steroid dienone is 1. The summed E-state index contributed by atoms with van der Waals surface area (Å²) in [5, 5.41) is 1.10. The van der Waals surface area contributed by atoms with Crippen molar-refractivity contribution in [1.29, 1.82) is 0 Å². The van der Waals surface area contributed by atoms with Crippen LogP contribution in [0, 0.1) is 5.41 Å². The van der Waals surface area contributed by atoms with Gasteiger partial charge in [0.05, 0.1) is 5.41 Å². The van der Waals surface area contributed by atoms with Crippen LogP contribution in [0.2, 0.25) is 0 Å². The van der Waals surface area contributed by atoms with Crippen molar-refractivity contribution in [3.05, 3.63) is 42.2 Å². The molecule has 0 saturated carbocycles. The second kappa shape index (κ2) is 7.67. The molecular weight excluding hydrogens is 302 g/mol. The minimum Gasteiger partial charge on any atom is -0.456 e. The first-order valence-electron chi connectivity index (χ1n) is 8.36. The van der Waals surface area contributed by atoms with Gasteiger partial charge in [-0.25, -0.2) is 0 Å². The largest absolute Gasteiger partial charge is 0.456 e. The summed E-state index contributed by atoms with van der Waals surface area (Å²) >= 11 is 0. The van der Waals surface area contributed by atoms with Gasteiger partial charge in [-0.1, -0.05) is 31.2 Å². The number of rotatable bonds is 6. The minimum absolute atomic E-state index is 0.182. The molecule has 0 unspecified atom stereocenters. The molecule has 0 bridgehead atoms. The second-order valence-corrected chi connectivity index (χ2v) is 7.02. The van der Waals surface area contributed by atoms with Crippen molar-refractivity contribution in [3.8, 4) is 0 Å². The zero-order valence-electron chi connectivity index (χ0n) is 15.3. The van der Waals surface area contributed by atoms with E-state index in [1.54, 1.807) is 0 Å². The van der Waals surface area contributed by atoms with Crippen LogP contribution in [0.1, 0.15) is 40.4 Å². The zero-order valence-corrected chi connectivity index (χ0v) is 15.3. The topological polar surface area (TPSA) is 42.7 Å². The molecule has 0 amide bonds. The van der Waals surface area contributed by atoms with Crippen LogP contribution in [-0.4, -0.2) is 30.7 Å². The lowest BCUT2D eigenvalue weighted by atomic mass is 9.98. The van der Waals surface area contributed by atoms with Gasteiger partial charge in [0.2, 0.25) is 0 Å². The summed E-state index contributed by atoms with van der Waals surface area (Å²) in [5.41, 5.74) is 1.50. The average Bonchev–Trinajstić information content (AvgIpc) is 2.97. The zero-order chi connectivity index (χ0) is 17.7. The molecule has 0 N–H and O–H groups in total. The van der Waals surface area contributed by atoms with Gasteiger partial charge in [-0.2, -0.15) is 0 Å². The molecule has 0 aliphatic carbocycles. The van der Waals surface area contributed by atoms with Crippen LogP contribution in [0.25, 0.3) is 16.5 Å². The predicted octanol–water partition coefficient (Wildman–Crippen LogP) is 4.70. The van der Waals surface area contributed by atoms with Crippen molar-refractivity contribution in [3.63, 3.8) is 0 Å². The average molecular weight is 329 g/mol. The number of benzene rings is 1. The molecule has 4 nitrogen and oxygen atoms in total. The Kier molecular flexibility index (Phi) is 5.84. The third-order valence-electron chi connectivity index (χ3n) is 3.91. The van der Waals surface area contributed by atoms with Gasteiger partial charge >= 0.3 is 5.97 Å². The maximum Gasteiger partial charge on any atom is 0.312 e. The Labute approximate surface area is 144 Å². The summed E-state index contributed by atoms with van der Waals surface area (Å²) in [5.74, 6) is 0.692. The maximum atomic E-state index is 11.9. The third kappa shape index (κ3) is 4.71. The predicted molar refractivity (Wildman–Crippen MR) is 97.5 cm³/mol. The number of hydrogen-bond donors (Lipinski definition) is 0. The van der Waals surface area contributed by atoms with Crippen LogP contribution in [0.5, 0.6) is 0 Å². The number of carbonyl (C=O) groups is 1. The van der Waals surface area contributed by atoms with E-state index in [9.17, 15) is 4.79 Å². The molecule has 0 fully saturated rings. The highest BCUT2D eigenvalue weighted by Crippen LogP contribution is 2.24. The van der Waals surface area contributed by atoms with Crippen molar-refractivity contribution in [2.75, 3.05) is 19.8 Å². The molecule has 0 aliphatic rings. The number of furan rings is 1. The lowest BCUT2D eigenvalue weighted by Gasteiger charge is -2.22. The van der Waals surface area contributed by atoms with Crippen molar-refractivity contribution in [2.45, 2.75) is 34.6 Å². The summed E-state index contributed by atoms with van der Waals surface area (Å²) < 4.78 is 11.2. The fourth-order valence-corrected chi connectivity index (χ4v) is 2.18. The molecule has 0 atom stereocenters. The third-order valence-corrected chi connectivity index (χ3v) is 3.91. The number of esters is 1. The first kappa shape index (κ1) is 18.3. The van der Waals surface area contributed by atoms with Crippen molar-refractivity contribution < 1.29 is 13.9 Å². The van der Waals surface area contributed by atoms with Crippen molar-refractivity contribution >= 4 is 22.5 Å². The fraction of sp³-hybridized carbons (Fsp3) is 0.450. The Balaban J connectivity index is 1.97. The highest BCUT2D eigenvalue weighted by Gasteiger charge is 2.23. The Bertz CT molecular complexity index is 689. The molecule has 2 aromatic rings. The van der Waals surface area contributed by atoms with Crippen LogP contribution in [0.4, 0.5) is 0 Å². The quantitative estimate of drug-likeness (QED) is 0.569. The standard InChI is InChI=1S/C20H27NO3/c1-6-21(14-23-19(22)20(3,4)5)12-11-15(2)18-13-16-9-7-8-10-17(16)24-18/h7-11,13H,6,12,14H2,1-5H3/b15-11-. The highest BCUT2D eigenvalue weighted by atomic mass is 16.5. The molecule has 0 aliphatic heterocycles. The van der Waals surface area contributed by atoms with Gasteiger partial charge in [-0.3, -0.25) is 9.69 Å². The Hall–Kier alpha value is -2.07. The van der Waals surface area contributed by atoms with Crippen LogP contribution in [0.15, 0.2) is 40.8 Å². The van der Waals surface area contributed by atoms with E-state index in [4.69, 9.17) is 9.15 Å². The molecule has 4 heteroatoms. The highest BCUT2D eigenvalue weighted by molar-refractivity contribution is 5.81. The number of nitrogens with zero attached hydrogens (tertiary/aromatic N) is 1. The number of hydrogen-bond acceptors (Lipinski definition) is 4. The normalized spacial score (nSPS) is 12.8. The van der Waals surface area contributed by atoms with Gasteiger partial charge in [-0.05, 0) is 51.9 Å². The fourth-order valence-electron chi connectivity index (χ4n) is 2.18. The number of likely N-dealkylation sites (N-methyl/N-ethyl adjacent to an activating group) is 1. The van der Waals surface area contributed by atoms with Gasteiger partial charge in [0.15, 0.2) is 0 Å². The molecule has 24 heavy (non-hydrogen) atoms. The second-order valence-electron chi connectivity index (χ2n) is 7.02. The molecular formula is C20H27NO3. The Morgan fingerprint density at radius 1 is 1.29 bits per heavy atom. The smallest absolute Gasteiger partial charge is 0.312 e. The van der Waals surface area contributed by atoms with Gasteiger partial charge in [0, 0.05) is 11.9 Å². The summed E-state index contributed by atoms with van der Waals surface area (Å²) in [7, 11) is 0. The molecule has 130 valence electrons. The van der Waals surface area contributed by atoms with Crippen LogP contribution >= 0.6 is 0 Å². The number of para-hydroxylation sites is 1. The Morgan fingerprint density at radius 3 is 2.62 bits per heavy atom. The van der Waals surface area contributed by atoms with E-state index in [2.05, 4.69) is 24.0 Å². The summed E-state index contributed by atoms with van der Waals surface area (Å²) in [6, 6.07) is 10.0. The van der Waals surface area contributed by atoms with Crippen molar-refractivity contribution in [2.24, 2.45) is 5.41 Å². The lowest BCUT2D eigenvalue weighted by Crippen LogP contribution is -2.32. The number of fused-ring (bicyclic) bond motifs is 1. The molecule has 2 rings (SSSR count). The molecule has 1 aromatic carbocycles. The summed E-state index contributed by atoms with van der Waals surface area (Å²) in [6.45, 7) is 11.5. The molecule has 0 saturated heterocycles. The van der Waals surface area contributed by atoms with Gasteiger partial charge in [0.25, 0.3) is 0 Å². The van der Waals surface area contributed by atoms with E-state index >= 15 is 0 Å². The van der Waals surface area contributed by atoms with Gasteiger partial charge in [0.1, 0.15) is 18.1 Å². The van der Waals surface area contributed by atoms with Gasteiger partial charge < -0.3 is 9.15 Å². The number of ether oxygens (including phenoxy) is 1. The SMILES string of the molecule is CCN(C/C=C(/C)c1cc2ccccc2o1)COC(=O)C(C)(C)C. The van der Waals surface area contributed by atoms with Gasteiger partial charge in [-0.15, -0.1) is 0 Å². The van der Waals surface area contributed by atoms with E-state index in [1.807, 2.05) is 52.0 Å². The van der Waals surface area contributed by atoms with Crippen LogP contribution in [-0.2, 0) is 9.53 Å². The molecule has 1 heterocycles. The summed E-state index contributed by atoms with van der Waals surface area (Å²) in [6.07, 6.45) is 2.10. The molecule has 0 radical (unpaired) electrons. The van der Waals surface area contributed by atoms with E-state index in [-0.39, 0.29) is 5.97 Å². The van der Waals surface area contributed by atoms with Crippen molar-refractivity contribution in [1.82, 2.24) is 4.90 Å². The Morgan fingerprint density at radius 2 is 2.00 bits per heavy atom. The monoisotopic (exact) mass is 329 g/mol. The summed E-state index contributed by atoms with van der Waals surface area (Å²) in [4.78, 5) is 13.9. The van der Waals surface area contributed by atoms with E-state index in [0.717, 1.165) is 28.8 Å². The first-order chi connectivity index (χ1) is 11.3. The lowest BCUT2D eigenvalue weighted by molar-refractivity contribution is -0.157. The van der Waals surface area contributed by atoms with Crippen LogP contribution in [0.3, 0.4) is 0 Å². The van der Waals surface area contributed by atoms with E-state index in [1.165, 1.54) is 0 Å². The maximum absolute atomic E-state index is 11.9.